The topological polar surface area (TPSA) is 131 Å². The first kappa shape index (κ1) is 18.5. The first-order valence-electron chi connectivity index (χ1n) is 8.65. The van der Waals surface area contributed by atoms with Crippen LogP contribution in [-0.2, 0) is 33.6 Å². The van der Waals surface area contributed by atoms with Crippen LogP contribution in [0.15, 0.2) is 0 Å². The van der Waals surface area contributed by atoms with E-state index in [2.05, 4.69) is 0 Å². The Morgan fingerprint density at radius 3 is 1.81 bits per heavy atom. The number of imide groups is 2. The predicted molar refractivity (Wildman–Crippen MR) is 80.8 cm³/mol. The van der Waals surface area contributed by atoms with Gasteiger partial charge in [-0.15, -0.1) is 5.06 Å². The van der Waals surface area contributed by atoms with Crippen LogP contribution in [0.2, 0.25) is 0 Å². The number of aliphatic hydroxyl groups is 1. The fourth-order valence-electron chi connectivity index (χ4n) is 3.33. The smallest absolute Gasteiger partial charge is 0.336 e. The molecule has 2 saturated heterocycles. The molecule has 142 valence electrons. The quantitative estimate of drug-likeness (QED) is 0.521. The Morgan fingerprint density at radius 2 is 1.31 bits per heavy atom. The molecule has 1 N–H and O–H groups in total. The second-order valence-corrected chi connectivity index (χ2v) is 6.68. The van der Waals surface area contributed by atoms with E-state index < -0.39 is 41.8 Å². The predicted octanol–water partition coefficient (Wildman–Crippen LogP) is -0.201. The molecular formula is C16H20N2O8. The zero-order valence-electron chi connectivity index (χ0n) is 14.1. The summed E-state index contributed by atoms with van der Waals surface area (Å²) in [6.45, 7) is 0. The summed E-state index contributed by atoms with van der Waals surface area (Å²) >= 11 is 0. The summed E-state index contributed by atoms with van der Waals surface area (Å²) in [7, 11) is 0. The van der Waals surface area contributed by atoms with Crippen molar-refractivity contribution in [1.82, 2.24) is 10.1 Å². The molecule has 2 heterocycles. The summed E-state index contributed by atoms with van der Waals surface area (Å²) in [4.78, 5) is 68.1. The molecule has 10 nitrogen and oxygen atoms in total. The van der Waals surface area contributed by atoms with Gasteiger partial charge in [0, 0.05) is 31.6 Å². The maximum absolute atomic E-state index is 12.1. The first-order valence-corrected chi connectivity index (χ1v) is 8.65. The molecule has 0 radical (unpaired) electrons. The second-order valence-electron chi connectivity index (χ2n) is 6.68. The molecule has 0 spiro atoms. The van der Waals surface area contributed by atoms with E-state index in [9.17, 15) is 29.1 Å². The van der Waals surface area contributed by atoms with E-state index in [-0.39, 0.29) is 31.6 Å². The Hall–Kier alpha value is -2.33. The van der Waals surface area contributed by atoms with Crippen LogP contribution in [0.3, 0.4) is 0 Å². The van der Waals surface area contributed by atoms with E-state index in [1.165, 1.54) is 0 Å². The van der Waals surface area contributed by atoms with Crippen molar-refractivity contribution in [1.29, 1.82) is 0 Å². The third-order valence-corrected chi connectivity index (χ3v) is 4.91. The highest BCUT2D eigenvalue weighted by Crippen LogP contribution is 2.33. The molecule has 4 amide bonds. The van der Waals surface area contributed by atoms with Crippen molar-refractivity contribution in [3.8, 4) is 0 Å². The van der Waals surface area contributed by atoms with Crippen LogP contribution in [0.4, 0.5) is 0 Å². The van der Waals surface area contributed by atoms with Crippen LogP contribution in [0.1, 0.15) is 51.4 Å². The van der Waals surface area contributed by atoms with Crippen LogP contribution in [0.25, 0.3) is 0 Å². The third-order valence-electron chi connectivity index (χ3n) is 4.91. The van der Waals surface area contributed by atoms with Gasteiger partial charge in [0.25, 0.3) is 23.6 Å². The molecule has 10 heteroatoms. The number of nitrogens with zero attached hydrogens (tertiary/aromatic N) is 2. The van der Waals surface area contributed by atoms with Crippen molar-refractivity contribution < 1.29 is 38.8 Å². The molecule has 0 aromatic carbocycles. The van der Waals surface area contributed by atoms with E-state index in [4.69, 9.17) is 9.68 Å². The molecule has 0 aromatic heterocycles. The summed E-state index contributed by atoms with van der Waals surface area (Å²) in [5.74, 6) is -3.49. The van der Waals surface area contributed by atoms with Gasteiger partial charge in [0.15, 0.2) is 6.29 Å². The molecule has 1 saturated carbocycles. The number of carbonyl (C=O) groups excluding carboxylic acids is 5. The molecule has 1 atom stereocenters. The van der Waals surface area contributed by atoms with Crippen LogP contribution in [-0.4, -0.2) is 51.1 Å². The Bertz CT molecular complexity index is 608. The standard InChI is InChI=1S/C16H20N2O8/c19-11-5-6-12(20)17(11)25-15(23)9-1-2-10(4-3-9)16(24)26-18-13(21)7-8-14(18)22/h9-10,15,23H,1-8H2/t9?,10?,15-/m1/s1. The minimum Gasteiger partial charge on any atom is -0.366 e. The SMILES string of the molecule is O=C(ON1C(=O)CCC1=O)C1CCC([C@H](O)ON2C(=O)CCC2=O)CC1. The fourth-order valence-corrected chi connectivity index (χ4v) is 3.33. The Morgan fingerprint density at radius 1 is 0.846 bits per heavy atom. The number of hydrogen-bond donors (Lipinski definition) is 1. The third kappa shape index (κ3) is 3.75. The molecule has 3 aliphatic rings. The molecule has 3 fully saturated rings. The van der Waals surface area contributed by atoms with Crippen LogP contribution >= 0.6 is 0 Å². The van der Waals surface area contributed by atoms with Gasteiger partial charge in [-0.25, -0.2) is 9.63 Å². The number of carbonyl (C=O) groups is 5. The number of amides is 4. The highest BCUT2D eigenvalue weighted by atomic mass is 16.8. The second kappa shape index (κ2) is 7.50. The number of hydrogen-bond acceptors (Lipinski definition) is 8. The van der Waals surface area contributed by atoms with Crippen LogP contribution in [0.5, 0.6) is 0 Å². The van der Waals surface area contributed by atoms with Gasteiger partial charge in [0.1, 0.15) is 0 Å². The molecule has 0 bridgehead atoms. The normalized spacial score (nSPS) is 28.0. The van der Waals surface area contributed by atoms with E-state index in [1.54, 1.807) is 0 Å². The average molecular weight is 368 g/mol. The van der Waals surface area contributed by atoms with E-state index in [0.717, 1.165) is 0 Å². The van der Waals surface area contributed by atoms with Crippen molar-refractivity contribution in [3.05, 3.63) is 0 Å². The number of hydroxylamine groups is 4. The van der Waals surface area contributed by atoms with Crippen molar-refractivity contribution in [2.75, 3.05) is 0 Å². The Labute approximate surface area is 148 Å². The largest absolute Gasteiger partial charge is 0.366 e. The number of rotatable bonds is 5. The lowest BCUT2D eigenvalue weighted by molar-refractivity contribution is -0.261. The van der Waals surface area contributed by atoms with Crippen LogP contribution < -0.4 is 0 Å². The summed E-state index contributed by atoms with van der Waals surface area (Å²) in [5, 5.41) is 11.2. The van der Waals surface area contributed by atoms with Crippen molar-refractivity contribution in [2.45, 2.75) is 57.7 Å². The van der Waals surface area contributed by atoms with Gasteiger partial charge >= 0.3 is 5.97 Å². The Balaban J connectivity index is 1.47. The molecule has 1 aliphatic carbocycles. The van der Waals surface area contributed by atoms with Gasteiger partial charge in [-0.3, -0.25) is 19.2 Å². The molecular weight excluding hydrogens is 348 g/mol. The molecule has 2 aliphatic heterocycles. The van der Waals surface area contributed by atoms with Gasteiger partial charge in [0.05, 0.1) is 5.92 Å². The molecule has 26 heavy (non-hydrogen) atoms. The summed E-state index contributed by atoms with van der Waals surface area (Å²) in [5.41, 5.74) is 0. The molecule has 0 unspecified atom stereocenters. The van der Waals surface area contributed by atoms with Crippen LogP contribution in [0, 0.1) is 11.8 Å². The number of aliphatic hydroxyl groups excluding tert-OH is 1. The van der Waals surface area contributed by atoms with Crippen molar-refractivity contribution in [3.63, 3.8) is 0 Å². The lowest BCUT2D eigenvalue weighted by Crippen LogP contribution is -2.40. The summed E-state index contributed by atoms with van der Waals surface area (Å²) in [6.07, 6.45) is 0.477. The summed E-state index contributed by atoms with van der Waals surface area (Å²) in [6, 6.07) is 0. The molecule has 3 rings (SSSR count). The van der Waals surface area contributed by atoms with Gasteiger partial charge < -0.3 is 9.94 Å². The molecule has 0 aromatic rings. The van der Waals surface area contributed by atoms with Crippen molar-refractivity contribution in [2.24, 2.45) is 11.8 Å². The highest BCUT2D eigenvalue weighted by molar-refractivity contribution is 6.01. The van der Waals surface area contributed by atoms with Gasteiger partial charge in [-0.2, -0.15) is 5.06 Å². The fraction of sp³-hybridized carbons (Fsp3) is 0.688. The van der Waals surface area contributed by atoms with Crippen molar-refractivity contribution >= 4 is 29.6 Å². The monoisotopic (exact) mass is 368 g/mol. The first-order chi connectivity index (χ1) is 12.4. The lowest BCUT2D eigenvalue weighted by Gasteiger charge is -2.31. The minimum absolute atomic E-state index is 0.0380. The van der Waals surface area contributed by atoms with E-state index >= 15 is 0 Å². The zero-order chi connectivity index (χ0) is 18.8. The average Bonchev–Trinajstić information content (AvgIpc) is 3.12. The zero-order valence-corrected chi connectivity index (χ0v) is 14.1. The minimum atomic E-state index is -1.32. The van der Waals surface area contributed by atoms with Gasteiger partial charge in [0.2, 0.25) is 0 Å². The van der Waals surface area contributed by atoms with E-state index in [1.807, 2.05) is 0 Å². The maximum Gasteiger partial charge on any atom is 0.336 e. The Kier molecular flexibility index (Phi) is 5.33. The lowest BCUT2D eigenvalue weighted by atomic mass is 9.82. The highest BCUT2D eigenvalue weighted by Gasteiger charge is 2.39. The van der Waals surface area contributed by atoms with E-state index in [0.29, 0.717) is 35.8 Å². The summed E-state index contributed by atoms with van der Waals surface area (Å²) < 4.78 is 0. The maximum atomic E-state index is 12.1. The van der Waals surface area contributed by atoms with Gasteiger partial charge in [-0.05, 0) is 25.7 Å². The van der Waals surface area contributed by atoms with Gasteiger partial charge in [-0.1, -0.05) is 0 Å².